The normalized spacial score (nSPS) is 10.1. The lowest BCUT2D eigenvalue weighted by Gasteiger charge is -2.08. The smallest absolute Gasteiger partial charge is 0.269 e. The molecule has 0 fully saturated rings. The molecule has 0 saturated carbocycles. The van der Waals surface area contributed by atoms with Crippen LogP contribution in [0.25, 0.3) is 0 Å². The summed E-state index contributed by atoms with van der Waals surface area (Å²) in [5.74, 6) is -0.886. The molecule has 0 aliphatic rings. The van der Waals surface area contributed by atoms with Gasteiger partial charge in [0.1, 0.15) is 0 Å². The molecule has 0 spiro atoms. The van der Waals surface area contributed by atoms with Crippen LogP contribution in [0.15, 0.2) is 48.5 Å². The van der Waals surface area contributed by atoms with Crippen LogP contribution in [0.2, 0.25) is 0 Å². The summed E-state index contributed by atoms with van der Waals surface area (Å²) in [5, 5.41) is 0. The maximum absolute atomic E-state index is 12.2. The van der Waals surface area contributed by atoms with E-state index in [4.69, 9.17) is 0 Å². The number of nitrogens with one attached hydrogen (secondary N) is 2. The van der Waals surface area contributed by atoms with E-state index in [1.54, 1.807) is 30.3 Å². The van der Waals surface area contributed by atoms with Crippen molar-refractivity contribution in [3.63, 3.8) is 0 Å². The number of Topliss-reactive ketones (excluding diaryl/α,β-unsaturated/α-hetero) is 1. The lowest BCUT2D eigenvalue weighted by molar-refractivity contribution is -0.121. The monoisotopic (exact) mass is 324 g/mol. The number of benzene rings is 2. The lowest BCUT2D eigenvalue weighted by Crippen LogP contribution is -2.41. The van der Waals surface area contributed by atoms with Gasteiger partial charge in [0.05, 0.1) is 0 Å². The fourth-order valence-corrected chi connectivity index (χ4v) is 2.25. The highest BCUT2D eigenvalue weighted by molar-refractivity contribution is 6.00. The minimum Gasteiger partial charge on any atom is -0.294 e. The van der Waals surface area contributed by atoms with Crippen molar-refractivity contribution in [2.45, 2.75) is 26.7 Å². The van der Waals surface area contributed by atoms with Crippen LogP contribution in [0, 0.1) is 13.8 Å². The first-order valence-electron chi connectivity index (χ1n) is 7.72. The number of carbonyl (C=O) groups excluding carboxylic acids is 3. The summed E-state index contributed by atoms with van der Waals surface area (Å²) in [4.78, 5) is 35.8. The Morgan fingerprint density at radius 2 is 1.58 bits per heavy atom. The molecule has 0 radical (unpaired) electrons. The van der Waals surface area contributed by atoms with Gasteiger partial charge < -0.3 is 0 Å². The first-order valence-corrected chi connectivity index (χ1v) is 7.72. The van der Waals surface area contributed by atoms with Crippen molar-refractivity contribution in [1.29, 1.82) is 0 Å². The van der Waals surface area contributed by atoms with Gasteiger partial charge in [0.15, 0.2) is 5.78 Å². The highest BCUT2D eigenvalue weighted by Gasteiger charge is 2.12. The van der Waals surface area contributed by atoms with Crippen molar-refractivity contribution in [3.8, 4) is 0 Å². The zero-order valence-corrected chi connectivity index (χ0v) is 13.8. The minimum atomic E-state index is -0.405. The van der Waals surface area contributed by atoms with Gasteiger partial charge in [0.2, 0.25) is 5.91 Å². The van der Waals surface area contributed by atoms with E-state index in [0.717, 1.165) is 11.1 Å². The number of hydrazine groups is 1. The second-order valence-electron chi connectivity index (χ2n) is 5.61. The largest absolute Gasteiger partial charge is 0.294 e. The van der Waals surface area contributed by atoms with Gasteiger partial charge >= 0.3 is 0 Å². The highest BCUT2D eigenvalue weighted by atomic mass is 16.2. The SMILES string of the molecule is Cc1ccc(C)c(C(=O)CCC(=O)NNC(=O)c2ccccc2)c1. The van der Waals surface area contributed by atoms with Crippen molar-refractivity contribution in [2.24, 2.45) is 0 Å². The number of rotatable bonds is 5. The first kappa shape index (κ1) is 17.4. The van der Waals surface area contributed by atoms with Crippen LogP contribution in [0.4, 0.5) is 0 Å². The predicted octanol–water partition coefficient (Wildman–Crippen LogP) is 2.73. The van der Waals surface area contributed by atoms with Gasteiger partial charge in [-0.15, -0.1) is 0 Å². The Kier molecular flexibility index (Phi) is 5.84. The summed E-state index contributed by atoms with van der Waals surface area (Å²) in [7, 11) is 0. The minimum absolute atomic E-state index is 0.0152. The quantitative estimate of drug-likeness (QED) is 0.656. The van der Waals surface area contributed by atoms with Crippen molar-refractivity contribution in [2.75, 3.05) is 0 Å². The molecule has 124 valence electrons. The topological polar surface area (TPSA) is 75.3 Å². The summed E-state index contributed by atoms with van der Waals surface area (Å²) in [6, 6.07) is 14.2. The Balaban J connectivity index is 1.82. The Morgan fingerprint density at radius 1 is 0.875 bits per heavy atom. The Bertz CT molecular complexity index is 754. The fraction of sp³-hybridized carbons (Fsp3) is 0.211. The molecule has 0 saturated heterocycles. The number of aryl methyl sites for hydroxylation is 2. The van der Waals surface area contributed by atoms with E-state index in [-0.39, 0.29) is 18.6 Å². The molecule has 2 aromatic carbocycles. The van der Waals surface area contributed by atoms with Gasteiger partial charge in [-0.2, -0.15) is 0 Å². The number of hydrogen-bond donors (Lipinski definition) is 2. The molecular weight excluding hydrogens is 304 g/mol. The summed E-state index contributed by atoms with van der Waals surface area (Å²) in [6.07, 6.45) is 0.110. The average Bonchev–Trinajstić information content (AvgIpc) is 2.60. The molecule has 5 heteroatoms. The van der Waals surface area contributed by atoms with Crippen LogP contribution in [-0.4, -0.2) is 17.6 Å². The van der Waals surface area contributed by atoms with Gasteiger partial charge in [-0.25, -0.2) is 0 Å². The molecule has 0 aliphatic carbocycles. The zero-order chi connectivity index (χ0) is 17.5. The van der Waals surface area contributed by atoms with Crippen molar-refractivity contribution < 1.29 is 14.4 Å². The third-order valence-electron chi connectivity index (χ3n) is 3.62. The van der Waals surface area contributed by atoms with E-state index in [1.807, 2.05) is 32.0 Å². The average molecular weight is 324 g/mol. The van der Waals surface area contributed by atoms with E-state index in [1.165, 1.54) is 0 Å². The van der Waals surface area contributed by atoms with E-state index < -0.39 is 11.8 Å². The van der Waals surface area contributed by atoms with Crippen LogP contribution < -0.4 is 10.9 Å². The van der Waals surface area contributed by atoms with Gasteiger partial charge in [-0.3, -0.25) is 25.2 Å². The molecule has 5 nitrogen and oxygen atoms in total. The van der Waals surface area contributed by atoms with Gasteiger partial charge in [0.25, 0.3) is 5.91 Å². The van der Waals surface area contributed by atoms with E-state index in [2.05, 4.69) is 10.9 Å². The van der Waals surface area contributed by atoms with E-state index in [0.29, 0.717) is 11.1 Å². The molecule has 0 aromatic heterocycles. The summed E-state index contributed by atoms with van der Waals surface area (Å²) in [5.41, 5.74) is 7.63. The highest BCUT2D eigenvalue weighted by Crippen LogP contribution is 2.13. The van der Waals surface area contributed by atoms with Gasteiger partial charge in [-0.05, 0) is 37.6 Å². The summed E-state index contributed by atoms with van der Waals surface area (Å²) >= 11 is 0. The Labute approximate surface area is 141 Å². The number of hydrogen-bond acceptors (Lipinski definition) is 3. The third-order valence-corrected chi connectivity index (χ3v) is 3.62. The predicted molar refractivity (Wildman–Crippen MR) is 91.5 cm³/mol. The molecule has 0 unspecified atom stereocenters. The van der Waals surface area contributed by atoms with Crippen molar-refractivity contribution in [3.05, 3.63) is 70.8 Å². The molecule has 2 N–H and O–H groups in total. The van der Waals surface area contributed by atoms with Crippen LogP contribution in [0.1, 0.15) is 44.7 Å². The second-order valence-corrected chi connectivity index (χ2v) is 5.61. The first-order chi connectivity index (χ1) is 11.5. The molecule has 0 atom stereocenters. The van der Waals surface area contributed by atoms with Gasteiger partial charge in [-0.1, -0.05) is 35.9 Å². The number of amides is 2. The standard InChI is InChI=1S/C19H20N2O3/c1-13-8-9-14(2)16(12-13)17(22)10-11-18(23)20-21-19(24)15-6-4-3-5-7-15/h3-9,12H,10-11H2,1-2H3,(H,20,23)(H,21,24). The second kappa shape index (κ2) is 8.06. The van der Waals surface area contributed by atoms with Crippen LogP contribution in [0.3, 0.4) is 0 Å². The number of carbonyl (C=O) groups is 3. The molecule has 24 heavy (non-hydrogen) atoms. The summed E-state index contributed by atoms with van der Waals surface area (Å²) in [6.45, 7) is 3.79. The van der Waals surface area contributed by atoms with Crippen molar-refractivity contribution >= 4 is 17.6 Å². The molecule has 2 aromatic rings. The molecule has 0 bridgehead atoms. The maximum Gasteiger partial charge on any atom is 0.269 e. The Hall–Kier alpha value is -2.95. The molecule has 0 aliphatic heterocycles. The van der Waals surface area contributed by atoms with Crippen molar-refractivity contribution in [1.82, 2.24) is 10.9 Å². The van der Waals surface area contributed by atoms with Crippen LogP contribution >= 0.6 is 0 Å². The zero-order valence-electron chi connectivity index (χ0n) is 13.8. The molecular formula is C19H20N2O3. The molecule has 0 heterocycles. The molecule has 2 rings (SSSR count). The third kappa shape index (κ3) is 4.78. The number of ketones is 1. The van der Waals surface area contributed by atoms with Crippen LogP contribution in [-0.2, 0) is 4.79 Å². The lowest BCUT2D eigenvalue weighted by atomic mass is 9.99. The summed E-state index contributed by atoms with van der Waals surface area (Å²) < 4.78 is 0. The van der Waals surface area contributed by atoms with E-state index in [9.17, 15) is 14.4 Å². The Morgan fingerprint density at radius 3 is 2.29 bits per heavy atom. The maximum atomic E-state index is 12.2. The fourth-order valence-electron chi connectivity index (χ4n) is 2.25. The molecule has 2 amide bonds. The van der Waals surface area contributed by atoms with Gasteiger partial charge in [0, 0.05) is 24.0 Å². The van der Waals surface area contributed by atoms with E-state index >= 15 is 0 Å². The van der Waals surface area contributed by atoms with Crippen LogP contribution in [0.5, 0.6) is 0 Å².